The second kappa shape index (κ2) is 7.49. The van der Waals surface area contributed by atoms with Crippen molar-refractivity contribution in [2.75, 3.05) is 5.88 Å². The lowest BCUT2D eigenvalue weighted by molar-refractivity contribution is -0.227. The number of ketones is 2. The number of aliphatic hydroxyl groups is 1. The Morgan fingerprint density at radius 1 is 1.31 bits per heavy atom. The number of rotatable bonds is 4. The number of carbonyl (C=O) groups is 3. The molecule has 4 aliphatic rings. The lowest BCUT2D eigenvalue weighted by atomic mass is 9.44. The molecule has 0 saturated heterocycles. The van der Waals surface area contributed by atoms with Crippen molar-refractivity contribution in [2.45, 2.75) is 77.2 Å². The minimum Gasteiger partial charge on any atom is -0.450 e. The topological polar surface area (TPSA) is 80.7 Å². The predicted octanol–water partition coefficient (Wildman–Crippen LogP) is 4.10. The fourth-order valence-electron chi connectivity index (χ4n) is 7.75. The Bertz CT molecular complexity index is 929. The molecule has 0 spiro atoms. The molecule has 0 aromatic rings. The van der Waals surface area contributed by atoms with E-state index in [1.165, 1.54) is 12.2 Å². The molecule has 0 amide bonds. The van der Waals surface area contributed by atoms with Gasteiger partial charge >= 0.3 is 5.97 Å². The van der Waals surface area contributed by atoms with Gasteiger partial charge in [-0.05, 0) is 50.7 Å². The second-order valence-electron chi connectivity index (χ2n) is 10.5. The van der Waals surface area contributed by atoms with Gasteiger partial charge in [-0.3, -0.25) is 14.4 Å². The summed E-state index contributed by atoms with van der Waals surface area (Å²) in [5.74, 6) is -2.57. The van der Waals surface area contributed by atoms with Gasteiger partial charge in [0.1, 0.15) is 0 Å². The van der Waals surface area contributed by atoms with E-state index in [0.29, 0.717) is 24.8 Å². The summed E-state index contributed by atoms with van der Waals surface area (Å²) >= 11 is 6.01. The Morgan fingerprint density at radius 2 is 2.00 bits per heavy atom. The first kappa shape index (κ1) is 23.6. The van der Waals surface area contributed by atoms with Gasteiger partial charge in [0.15, 0.2) is 22.8 Å². The fraction of sp³-hybridized carbons (Fsp3) is 0.720. The Kier molecular flexibility index (Phi) is 5.53. The quantitative estimate of drug-likeness (QED) is 0.498. The minimum absolute atomic E-state index is 0.0285. The zero-order chi connectivity index (χ0) is 23.7. The summed E-state index contributed by atoms with van der Waals surface area (Å²) < 4.78 is 23.1. The molecule has 4 rings (SSSR count). The van der Waals surface area contributed by atoms with E-state index in [1.54, 1.807) is 19.9 Å². The number of Topliss-reactive ketones (excluding diaryl/α,β-unsaturated/α-hetero) is 1. The van der Waals surface area contributed by atoms with Crippen LogP contribution < -0.4 is 0 Å². The molecule has 5 nitrogen and oxygen atoms in total. The summed E-state index contributed by atoms with van der Waals surface area (Å²) in [6.07, 6.45) is 4.67. The number of alkyl halides is 2. The van der Waals surface area contributed by atoms with Gasteiger partial charge in [0.2, 0.25) is 0 Å². The summed E-state index contributed by atoms with van der Waals surface area (Å²) in [4.78, 5) is 37.7. The molecule has 1 N–H and O–H groups in total. The second-order valence-corrected chi connectivity index (χ2v) is 10.8. The number of fused-ring (bicyclic) bond motifs is 5. The van der Waals surface area contributed by atoms with Crippen molar-refractivity contribution in [3.8, 4) is 0 Å². The molecule has 0 radical (unpaired) electrons. The zero-order valence-electron chi connectivity index (χ0n) is 19.1. The van der Waals surface area contributed by atoms with Gasteiger partial charge in [0.25, 0.3) is 0 Å². The Hall–Kier alpha value is -1.53. The largest absolute Gasteiger partial charge is 0.450 e. The third-order valence-corrected chi connectivity index (χ3v) is 9.52. The van der Waals surface area contributed by atoms with E-state index in [2.05, 4.69) is 0 Å². The monoisotopic (exact) mass is 466 g/mol. The number of allylic oxidation sites excluding steroid dienone is 4. The van der Waals surface area contributed by atoms with Crippen LogP contribution in [0.2, 0.25) is 0 Å². The molecule has 1 unspecified atom stereocenters. The lowest BCUT2D eigenvalue weighted by Gasteiger charge is -2.62. The van der Waals surface area contributed by atoms with E-state index in [9.17, 15) is 19.5 Å². The molecule has 0 bridgehead atoms. The fourth-order valence-corrected chi connectivity index (χ4v) is 7.95. The Morgan fingerprint density at radius 3 is 2.62 bits per heavy atom. The first-order valence-corrected chi connectivity index (χ1v) is 12.1. The number of esters is 1. The van der Waals surface area contributed by atoms with Gasteiger partial charge in [-0.15, -0.1) is 11.6 Å². The summed E-state index contributed by atoms with van der Waals surface area (Å²) in [7, 11) is 0. The number of hydrogen-bond acceptors (Lipinski definition) is 5. The summed E-state index contributed by atoms with van der Waals surface area (Å²) in [5, 5.41) is 11.4. The van der Waals surface area contributed by atoms with Crippen molar-refractivity contribution < 1.29 is 28.6 Å². The van der Waals surface area contributed by atoms with Crippen LogP contribution in [0.25, 0.3) is 0 Å². The molecule has 3 saturated carbocycles. The van der Waals surface area contributed by atoms with Gasteiger partial charge < -0.3 is 9.84 Å². The van der Waals surface area contributed by atoms with E-state index in [4.69, 9.17) is 16.3 Å². The summed E-state index contributed by atoms with van der Waals surface area (Å²) in [5.41, 5.74) is -4.83. The maximum absolute atomic E-state index is 17.2. The predicted molar refractivity (Wildman–Crippen MR) is 118 cm³/mol. The summed E-state index contributed by atoms with van der Waals surface area (Å²) in [6, 6.07) is 0. The molecular weight excluding hydrogens is 435 g/mol. The number of ether oxygens (including phenoxy) is 1. The van der Waals surface area contributed by atoms with Crippen molar-refractivity contribution in [1.82, 2.24) is 0 Å². The molecule has 3 fully saturated rings. The highest BCUT2D eigenvalue weighted by molar-refractivity contribution is 6.29. The average Bonchev–Trinajstić information content (AvgIpc) is 2.96. The molecule has 176 valence electrons. The SMILES string of the molecule is CCC(=O)O[C@]1(C(=O)CCl)[C@@H](C)C[C@H]2[C@@H]3CCC4=CC(=O)C=CC4(C)[C@@]3(F)[C@@H](O)C[C@@]21C. The highest BCUT2D eigenvalue weighted by Gasteiger charge is 2.77. The van der Waals surface area contributed by atoms with Crippen molar-refractivity contribution in [3.63, 3.8) is 0 Å². The van der Waals surface area contributed by atoms with Gasteiger partial charge in [0.05, 0.1) is 12.0 Å². The molecule has 4 aliphatic carbocycles. The average molecular weight is 467 g/mol. The third kappa shape index (κ3) is 2.68. The Balaban J connectivity index is 1.85. The molecule has 32 heavy (non-hydrogen) atoms. The third-order valence-electron chi connectivity index (χ3n) is 9.28. The number of halogens is 2. The normalized spacial score (nSPS) is 47.2. The number of hydrogen-bond donors (Lipinski definition) is 1. The minimum atomic E-state index is -1.99. The van der Waals surface area contributed by atoms with E-state index in [-0.39, 0.29) is 42.1 Å². The van der Waals surface area contributed by atoms with Crippen LogP contribution in [0.4, 0.5) is 4.39 Å². The van der Waals surface area contributed by atoms with E-state index in [1.807, 2.05) is 13.8 Å². The van der Waals surface area contributed by atoms with Gasteiger partial charge in [0, 0.05) is 29.1 Å². The van der Waals surface area contributed by atoms with Crippen LogP contribution in [0.3, 0.4) is 0 Å². The first-order valence-electron chi connectivity index (χ1n) is 11.5. The van der Waals surface area contributed by atoms with Crippen molar-refractivity contribution >= 4 is 29.1 Å². The van der Waals surface area contributed by atoms with Crippen LogP contribution >= 0.6 is 11.6 Å². The van der Waals surface area contributed by atoms with E-state index in [0.717, 1.165) is 0 Å². The molecule has 0 heterocycles. The lowest BCUT2D eigenvalue weighted by Crippen LogP contribution is -2.70. The first-order chi connectivity index (χ1) is 14.9. The van der Waals surface area contributed by atoms with Crippen molar-refractivity contribution in [1.29, 1.82) is 0 Å². The molecule has 0 aromatic carbocycles. The highest BCUT2D eigenvalue weighted by atomic mass is 35.5. The van der Waals surface area contributed by atoms with Crippen molar-refractivity contribution in [2.24, 2.45) is 28.6 Å². The maximum atomic E-state index is 17.2. The van der Waals surface area contributed by atoms with Crippen LogP contribution in [0.1, 0.15) is 59.8 Å². The van der Waals surface area contributed by atoms with Gasteiger partial charge in [-0.1, -0.05) is 32.4 Å². The molecule has 8 atom stereocenters. The highest BCUT2D eigenvalue weighted by Crippen LogP contribution is 2.71. The van der Waals surface area contributed by atoms with Crippen LogP contribution in [0.5, 0.6) is 0 Å². The summed E-state index contributed by atoms with van der Waals surface area (Å²) in [6.45, 7) is 7.13. The van der Waals surface area contributed by atoms with Gasteiger partial charge in [-0.2, -0.15) is 0 Å². The van der Waals surface area contributed by atoms with E-state index >= 15 is 4.39 Å². The Labute approximate surface area is 193 Å². The van der Waals surface area contributed by atoms with E-state index < -0.39 is 40.1 Å². The molecular formula is C25H32ClFO5. The van der Waals surface area contributed by atoms with Crippen molar-refractivity contribution in [3.05, 3.63) is 23.8 Å². The molecule has 0 aliphatic heterocycles. The zero-order valence-corrected chi connectivity index (χ0v) is 19.9. The molecule has 0 aromatic heterocycles. The number of carbonyl (C=O) groups excluding carboxylic acids is 3. The maximum Gasteiger partial charge on any atom is 0.306 e. The standard InChI is InChI=1S/C25H32ClFO5/c1-5-21(31)32-25(20(30)13-26)14(2)10-18-17-7-6-15-11-16(28)8-9-22(15,3)24(17,27)19(29)12-23(18,25)4/h8-9,11,14,17-19,29H,5-7,10,12-13H2,1-4H3/t14-,17-,18-,19-,22?,23-,24-,25-/m0/s1. The van der Waals surface area contributed by atoms with Gasteiger partial charge in [-0.25, -0.2) is 4.39 Å². The number of aliphatic hydroxyl groups excluding tert-OH is 1. The van der Waals surface area contributed by atoms with Crippen LogP contribution in [0.15, 0.2) is 23.8 Å². The molecule has 7 heteroatoms. The smallest absolute Gasteiger partial charge is 0.306 e. The van der Waals surface area contributed by atoms with Crippen LogP contribution in [-0.2, 0) is 19.1 Å². The van der Waals surface area contributed by atoms with Crippen LogP contribution in [0, 0.1) is 28.6 Å². The van der Waals surface area contributed by atoms with Crippen LogP contribution in [-0.4, -0.2) is 45.9 Å².